The molecule has 152 valence electrons. The molecule has 0 radical (unpaired) electrons. The van der Waals surface area contributed by atoms with Crippen LogP contribution in [-0.2, 0) is 15.9 Å². The first-order valence-electron chi connectivity index (χ1n) is 9.64. The van der Waals surface area contributed by atoms with Crippen molar-refractivity contribution in [3.8, 4) is 11.1 Å². The molecule has 28 heavy (non-hydrogen) atoms. The molecule has 0 N–H and O–H groups in total. The van der Waals surface area contributed by atoms with E-state index in [1.165, 1.54) is 12.1 Å². The van der Waals surface area contributed by atoms with Crippen LogP contribution in [0.3, 0.4) is 0 Å². The van der Waals surface area contributed by atoms with Crippen molar-refractivity contribution >= 4 is 0 Å². The van der Waals surface area contributed by atoms with Crippen LogP contribution in [0, 0.1) is 29.2 Å². The molecule has 1 fully saturated rings. The Hall–Kier alpha value is -1.92. The van der Waals surface area contributed by atoms with Crippen molar-refractivity contribution in [1.29, 1.82) is 0 Å². The summed E-state index contributed by atoms with van der Waals surface area (Å²) in [6, 6.07) is 5.22. The molecule has 0 spiro atoms. The zero-order valence-electron chi connectivity index (χ0n) is 15.8. The lowest BCUT2D eigenvalue weighted by molar-refractivity contribution is -0.203. The Morgan fingerprint density at radius 1 is 0.857 bits per heavy atom. The summed E-state index contributed by atoms with van der Waals surface area (Å²) in [6.45, 7) is 3.42. The second kappa shape index (κ2) is 9.52. The van der Waals surface area contributed by atoms with Crippen LogP contribution < -0.4 is 0 Å². The van der Waals surface area contributed by atoms with Gasteiger partial charge < -0.3 is 9.47 Å². The van der Waals surface area contributed by atoms with Gasteiger partial charge in [-0.05, 0) is 48.2 Å². The number of hydrogen-bond acceptors (Lipinski definition) is 2. The maximum absolute atomic E-state index is 14.4. The fourth-order valence-corrected chi connectivity index (χ4v) is 3.39. The maximum atomic E-state index is 14.4. The number of ether oxygens (including phenoxy) is 2. The van der Waals surface area contributed by atoms with Crippen LogP contribution in [0.2, 0.25) is 0 Å². The van der Waals surface area contributed by atoms with Gasteiger partial charge in [0, 0.05) is 12.3 Å². The van der Waals surface area contributed by atoms with E-state index < -0.39 is 23.3 Å². The van der Waals surface area contributed by atoms with E-state index in [4.69, 9.17) is 9.47 Å². The third-order valence-corrected chi connectivity index (χ3v) is 4.98. The Morgan fingerprint density at radius 3 is 2.14 bits per heavy atom. The molecule has 1 heterocycles. The average molecular weight is 396 g/mol. The molecule has 2 aromatic carbocycles. The summed E-state index contributed by atoms with van der Waals surface area (Å²) in [4.78, 5) is 0. The van der Waals surface area contributed by atoms with Crippen LogP contribution in [0.25, 0.3) is 11.1 Å². The highest BCUT2D eigenvalue weighted by molar-refractivity contribution is 5.65. The van der Waals surface area contributed by atoms with E-state index in [0.29, 0.717) is 37.5 Å². The first-order valence-corrected chi connectivity index (χ1v) is 9.64. The second-order valence-electron chi connectivity index (χ2n) is 7.21. The van der Waals surface area contributed by atoms with Crippen LogP contribution in [-0.4, -0.2) is 19.5 Å². The van der Waals surface area contributed by atoms with Crippen LogP contribution >= 0.6 is 0 Å². The zero-order valence-corrected chi connectivity index (χ0v) is 15.8. The molecule has 0 aromatic heterocycles. The first-order chi connectivity index (χ1) is 13.5. The van der Waals surface area contributed by atoms with Gasteiger partial charge in [-0.25, -0.2) is 17.6 Å². The lowest BCUT2D eigenvalue weighted by Crippen LogP contribution is -2.32. The van der Waals surface area contributed by atoms with Gasteiger partial charge in [0.25, 0.3) is 0 Å². The van der Waals surface area contributed by atoms with Gasteiger partial charge in [-0.3, -0.25) is 0 Å². The molecule has 2 aromatic rings. The van der Waals surface area contributed by atoms with Crippen LogP contribution in [0.4, 0.5) is 17.6 Å². The molecule has 6 heteroatoms. The predicted molar refractivity (Wildman–Crippen MR) is 98.7 cm³/mol. The minimum Gasteiger partial charge on any atom is -0.352 e. The molecule has 1 aliphatic rings. The highest BCUT2D eigenvalue weighted by atomic mass is 19.2. The highest BCUT2D eigenvalue weighted by Crippen LogP contribution is 2.29. The van der Waals surface area contributed by atoms with Crippen LogP contribution in [0.1, 0.15) is 38.2 Å². The van der Waals surface area contributed by atoms with E-state index in [0.717, 1.165) is 37.5 Å². The number of rotatable bonds is 7. The zero-order chi connectivity index (χ0) is 20.1. The molecule has 1 saturated heterocycles. The Balaban J connectivity index is 1.61. The van der Waals surface area contributed by atoms with Crippen molar-refractivity contribution in [2.24, 2.45) is 5.92 Å². The van der Waals surface area contributed by atoms with E-state index in [9.17, 15) is 17.6 Å². The first kappa shape index (κ1) is 20.8. The fourth-order valence-electron chi connectivity index (χ4n) is 3.39. The SMILES string of the molecule is CCCCC1COC(CCc2cc(F)c(-c3ccc(F)c(F)c3)c(F)c2)OC1. The Kier molecular flexibility index (Phi) is 7.08. The van der Waals surface area contributed by atoms with E-state index >= 15 is 0 Å². The van der Waals surface area contributed by atoms with Crippen molar-refractivity contribution in [2.45, 2.75) is 45.3 Å². The van der Waals surface area contributed by atoms with Crippen molar-refractivity contribution in [3.05, 3.63) is 59.2 Å². The van der Waals surface area contributed by atoms with E-state index in [2.05, 4.69) is 6.92 Å². The third kappa shape index (κ3) is 5.11. The van der Waals surface area contributed by atoms with Crippen molar-refractivity contribution < 1.29 is 27.0 Å². The largest absolute Gasteiger partial charge is 0.352 e. The van der Waals surface area contributed by atoms with Gasteiger partial charge in [0.1, 0.15) is 11.6 Å². The molecule has 0 bridgehead atoms. The number of unbranched alkanes of at least 4 members (excludes halogenated alkanes) is 1. The molecule has 0 aliphatic carbocycles. The molecule has 0 amide bonds. The summed E-state index contributed by atoms with van der Waals surface area (Å²) in [5.74, 6) is -3.44. The van der Waals surface area contributed by atoms with Gasteiger partial charge in [-0.15, -0.1) is 0 Å². The molecular formula is C22H24F4O2. The predicted octanol–water partition coefficient (Wildman–Crippen LogP) is 6.02. The fraction of sp³-hybridized carbons (Fsp3) is 0.455. The standard InChI is InChI=1S/C22H24F4O2/c1-2-3-4-15-12-27-21(28-13-15)8-5-14-9-19(25)22(20(26)10-14)16-6-7-17(23)18(24)11-16/h6-7,9-11,15,21H,2-5,8,12-13H2,1H3. The second-order valence-corrected chi connectivity index (χ2v) is 7.21. The number of benzene rings is 2. The van der Waals surface area contributed by atoms with Crippen LogP contribution in [0.5, 0.6) is 0 Å². The van der Waals surface area contributed by atoms with Crippen molar-refractivity contribution in [2.75, 3.05) is 13.2 Å². The Morgan fingerprint density at radius 2 is 1.54 bits per heavy atom. The van der Waals surface area contributed by atoms with Gasteiger partial charge in [0.15, 0.2) is 17.9 Å². The molecule has 0 unspecified atom stereocenters. The van der Waals surface area contributed by atoms with Crippen molar-refractivity contribution in [3.63, 3.8) is 0 Å². The van der Waals surface area contributed by atoms with Crippen molar-refractivity contribution in [1.82, 2.24) is 0 Å². The maximum Gasteiger partial charge on any atom is 0.159 e. The molecule has 3 rings (SSSR count). The summed E-state index contributed by atoms with van der Waals surface area (Å²) in [5, 5.41) is 0. The normalized spacial score (nSPS) is 19.8. The molecular weight excluding hydrogens is 372 g/mol. The quantitative estimate of drug-likeness (QED) is 0.533. The molecule has 0 atom stereocenters. The van der Waals surface area contributed by atoms with Gasteiger partial charge in [-0.2, -0.15) is 0 Å². The highest BCUT2D eigenvalue weighted by Gasteiger charge is 2.22. The average Bonchev–Trinajstić information content (AvgIpc) is 2.68. The lowest BCUT2D eigenvalue weighted by atomic mass is 10.00. The topological polar surface area (TPSA) is 18.5 Å². The van der Waals surface area contributed by atoms with E-state index in [-0.39, 0.29) is 17.4 Å². The summed E-state index contributed by atoms with van der Waals surface area (Å²) in [7, 11) is 0. The van der Waals surface area contributed by atoms with Gasteiger partial charge in [0.2, 0.25) is 0 Å². The number of halogens is 4. The molecule has 2 nitrogen and oxygen atoms in total. The Labute approximate surface area is 162 Å². The van der Waals surface area contributed by atoms with Gasteiger partial charge in [0.05, 0.1) is 18.8 Å². The smallest absolute Gasteiger partial charge is 0.159 e. The minimum absolute atomic E-state index is 0.0440. The number of hydrogen-bond donors (Lipinski definition) is 0. The van der Waals surface area contributed by atoms with Gasteiger partial charge >= 0.3 is 0 Å². The number of aryl methyl sites for hydroxylation is 1. The summed E-state index contributed by atoms with van der Waals surface area (Å²) in [5.41, 5.74) is 0.0470. The van der Waals surface area contributed by atoms with Crippen LogP contribution in [0.15, 0.2) is 30.3 Å². The lowest BCUT2D eigenvalue weighted by Gasteiger charge is -2.29. The Bertz CT molecular complexity index is 778. The summed E-state index contributed by atoms with van der Waals surface area (Å²) >= 11 is 0. The monoisotopic (exact) mass is 396 g/mol. The minimum atomic E-state index is -1.15. The van der Waals surface area contributed by atoms with E-state index in [1.54, 1.807) is 0 Å². The van der Waals surface area contributed by atoms with Gasteiger partial charge in [-0.1, -0.05) is 25.8 Å². The summed E-state index contributed by atoms with van der Waals surface area (Å²) < 4.78 is 66.7. The third-order valence-electron chi connectivity index (χ3n) is 4.98. The molecule has 0 saturated carbocycles. The molecule has 1 aliphatic heterocycles. The van der Waals surface area contributed by atoms with E-state index in [1.807, 2.05) is 0 Å². The summed E-state index contributed by atoms with van der Waals surface area (Å²) in [6.07, 6.45) is 3.85.